The van der Waals surface area contributed by atoms with Crippen molar-refractivity contribution in [3.8, 4) is 11.6 Å². The highest BCUT2D eigenvalue weighted by atomic mass is 35.5. The van der Waals surface area contributed by atoms with Crippen LogP contribution in [0, 0.1) is 4.77 Å². The fraction of sp³-hybridized carbons (Fsp3) is 0. The summed E-state index contributed by atoms with van der Waals surface area (Å²) in [6.45, 7) is 0. The Bertz CT molecular complexity index is 989. The van der Waals surface area contributed by atoms with Crippen molar-refractivity contribution in [1.29, 1.82) is 0 Å². The summed E-state index contributed by atoms with van der Waals surface area (Å²) in [6, 6.07) is 4.91. The van der Waals surface area contributed by atoms with Gasteiger partial charge in [-0.05, 0) is 42.6 Å². The minimum atomic E-state index is -0.523. The summed E-state index contributed by atoms with van der Waals surface area (Å²) in [5.74, 6) is -0.342. The number of benzene rings is 1. The Labute approximate surface area is 145 Å². The molecule has 116 valence electrons. The summed E-state index contributed by atoms with van der Waals surface area (Å²) in [6.07, 6.45) is 6.47. The number of nitrogens with one attached hydrogen (secondary N) is 1. The normalized spacial score (nSPS) is 14.8. The molecule has 0 saturated heterocycles. The zero-order chi connectivity index (χ0) is 16.6. The van der Waals surface area contributed by atoms with Gasteiger partial charge in [-0.3, -0.25) is 19.3 Å². The SMILES string of the molecule is O=c1[nH]c(=S)n(-c2cccc(Cl)c2Cl)c(O)c1/C=C1\C=CC=N1. The van der Waals surface area contributed by atoms with E-state index in [1.807, 2.05) is 0 Å². The zero-order valence-electron chi connectivity index (χ0n) is 11.5. The molecule has 0 saturated carbocycles. The summed E-state index contributed by atoms with van der Waals surface area (Å²) in [7, 11) is 0. The van der Waals surface area contributed by atoms with Crippen molar-refractivity contribution in [2.75, 3.05) is 0 Å². The molecule has 1 aliphatic heterocycles. The quantitative estimate of drug-likeness (QED) is 0.793. The molecule has 0 fully saturated rings. The van der Waals surface area contributed by atoms with Crippen LogP contribution < -0.4 is 5.56 Å². The van der Waals surface area contributed by atoms with Gasteiger partial charge in [0.25, 0.3) is 5.56 Å². The Morgan fingerprint density at radius 1 is 1.35 bits per heavy atom. The number of rotatable bonds is 2. The van der Waals surface area contributed by atoms with E-state index in [0.717, 1.165) is 0 Å². The van der Waals surface area contributed by atoms with E-state index in [2.05, 4.69) is 9.98 Å². The van der Waals surface area contributed by atoms with Gasteiger partial charge in [0.05, 0.1) is 21.4 Å². The van der Waals surface area contributed by atoms with Crippen molar-refractivity contribution in [3.05, 3.63) is 66.8 Å². The van der Waals surface area contributed by atoms with E-state index in [4.69, 9.17) is 35.4 Å². The minimum absolute atomic E-state index is 0.00396. The first-order valence-corrected chi connectivity index (χ1v) is 7.60. The largest absolute Gasteiger partial charge is 0.494 e. The second-order valence-corrected chi connectivity index (χ2v) is 5.78. The highest BCUT2D eigenvalue weighted by Gasteiger charge is 2.16. The molecule has 5 nitrogen and oxygen atoms in total. The van der Waals surface area contributed by atoms with Gasteiger partial charge in [0.2, 0.25) is 5.88 Å². The third kappa shape index (κ3) is 2.88. The van der Waals surface area contributed by atoms with Gasteiger partial charge in [-0.2, -0.15) is 0 Å². The molecule has 0 aliphatic carbocycles. The Morgan fingerprint density at radius 3 is 2.83 bits per heavy atom. The van der Waals surface area contributed by atoms with Gasteiger partial charge in [0.1, 0.15) is 5.56 Å². The van der Waals surface area contributed by atoms with Crippen LogP contribution in [0.4, 0.5) is 0 Å². The maximum absolute atomic E-state index is 12.1. The monoisotopic (exact) mass is 365 g/mol. The number of H-pyrrole nitrogens is 1. The molecule has 1 aromatic carbocycles. The van der Waals surface area contributed by atoms with E-state index >= 15 is 0 Å². The van der Waals surface area contributed by atoms with Crippen LogP contribution in [0.25, 0.3) is 11.8 Å². The summed E-state index contributed by atoms with van der Waals surface area (Å²) in [5, 5.41) is 11.1. The maximum Gasteiger partial charge on any atom is 0.262 e. The topological polar surface area (TPSA) is 70.4 Å². The van der Waals surface area contributed by atoms with Gasteiger partial charge in [0, 0.05) is 6.21 Å². The maximum atomic E-state index is 12.1. The predicted octanol–water partition coefficient (Wildman–Crippen LogP) is 3.89. The fourth-order valence-electron chi connectivity index (χ4n) is 2.10. The number of aromatic hydroxyl groups is 1. The molecule has 0 atom stereocenters. The molecule has 0 amide bonds. The molecule has 1 aliphatic rings. The Balaban J connectivity index is 2.31. The van der Waals surface area contributed by atoms with Crippen molar-refractivity contribution < 1.29 is 5.11 Å². The van der Waals surface area contributed by atoms with Crippen LogP contribution >= 0.6 is 35.4 Å². The smallest absolute Gasteiger partial charge is 0.262 e. The molecule has 3 rings (SSSR count). The van der Waals surface area contributed by atoms with Gasteiger partial charge >= 0.3 is 0 Å². The number of hydrogen-bond acceptors (Lipinski definition) is 4. The second kappa shape index (κ2) is 6.16. The molecule has 0 unspecified atom stereocenters. The van der Waals surface area contributed by atoms with E-state index < -0.39 is 5.56 Å². The van der Waals surface area contributed by atoms with Crippen molar-refractivity contribution in [3.63, 3.8) is 0 Å². The van der Waals surface area contributed by atoms with Crippen LogP contribution in [0.3, 0.4) is 0 Å². The molecule has 0 bridgehead atoms. The highest BCUT2D eigenvalue weighted by Crippen LogP contribution is 2.31. The lowest BCUT2D eigenvalue weighted by molar-refractivity contribution is 0.432. The average molecular weight is 366 g/mol. The first-order valence-electron chi connectivity index (χ1n) is 6.44. The summed E-state index contributed by atoms with van der Waals surface area (Å²) in [5.41, 5.74) is 0.396. The predicted molar refractivity (Wildman–Crippen MR) is 94.5 cm³/mol. The number of allylic oxidation sites excluding steroid dienone is 2. The van der Waals surface area contributed by atoms with E-state index in [1.54, 1.807) is 36.6 Å². The second-order valence-electron chi connectivity index (χ2n) is 4.61. The lowest BCUT2D eigenvalue weighted by Gasteiger charge is -2.13. The fourth-order valence-corrected chi connectivity index (χ4v) is 2.76. The number of nitrogens with zero attached hydrogens (tertiary/aromatic N) is 2. The van der Waals surface area contributed by atoms with Gasteiger partial charge in [-0.1, -0.05) is 29.3 Å². The van der Waals surface area contributed by atoms with Crippen LogP contribution in [-0.2, 0) is 0 Å². The summed E-state index contributed by atoms with van der Waals surface area (Å²) < 4.78 is 1.25. The van der Waals surface area contributed by atoms with E-state index in [9.17, 15) is 9.90 Å². The standard InChI is InChI=1S/C15H9Cl2N3O2S/c16-10-4-1-5-11(12(10)17)20-14(22)9(13(21)19-15(20)23)7-8-3-2-6-18-8/h1-7,22H,(H,19,21,23)/b8-7+. The van der Waals surface area contributed by atoms with Crippen LogP contribution in [0.5, 0.6) is 5.88 Å². The Kier molecular flexibility index (Phi) is 4.21. The molecule has 2 N–H and O–H groups in total. The third-order valence-corrected chi connectivity index (χ3v) is 4.26. The molecule has 8 heteroatoms. The van der Waals surface area contributed by atoms with Crippen molar-refractivity contribution >= 4 is 47.7 Å². The van der Waals surface area contributed by atoms with Crippen LogP contribution in [0.1, 0.15) is 5.56 Å². The molecule has 23 heavy (non-hydrogen) atoms. The van der Waals surface area contributed by atoms with Crippen molar-refractivity contribution in [1.82, 2.24) is 9.55 Å². The molecular formula is C15H9Cl2N3O2S. The van der Waals surface area contributed by atoms with Crippen LogP contribution in [-0.4, -0.2) is 20.9 Å². The number of aromatic nitrogens is 2. The molecular weight excluding hydrogens is 357 g/mol. The Morgan fingerprint density at radius 2 is 2.13 bits per heavy atom. The molecule has 1 aromatic heterocycles. The van der Waals surface area contributed by atoms with E-state index in [1.165, 1.54) is 10.6 Å². The number of aliphatic imine (C=N–C) groups is 1. The zero-order valence-corrected chi connectivity index (χ0v) is 13.8. The number of hydrogen-bond donors (Lipinski definition) is 2. The van der Waals surface area contributed by atoms with Gasteiger partial charge in [-0.25, -0.2) is 0 Å². The Hall–Kier alpha value is -2.15. The molecule has 0 spiro atoms. The third-order valence-electron chi connectivity index (χ3n) is 3.16. The molecule has 2 heterocycles. The van der Waals surface area contributed by atoms with Gasteiger partial charge in [0.15, 0.2) is 4.77 Å². The summed E-state index contributed by atoms with van der Waals surface area (Å²) in [4.78, 5) is 18.7. The lowest BCUT2D eigenvalue weighted by atomic mass is 10.2. The van der Waals surface area contributed by atoms with Crippen molar-refractivity contribution in [2.24, 2.45) is 4.99 Å². The molecule has 2 aromatic rings. The van der Waals surface area contributed by atoms with E-state index in [0.29, 0.717) is 16.4 Å². The number of halogens is 2. The first kappa shape index (κ1) is 15.7. The van der Waals surface area contributed by atoms with Crippen molar-refractivity contribution in [2.45, 2.75) is 0 Å². The minimum Gasteiger partial charge on any atom is -0.494 e. The van der Waals surface area contributed by atoms with E-state index in [-0.39, 0.29) is 21.2 Å². The molecule has 0 radical (unpaired) electrons. The van der Waals surface area contributed by atoms with Gasteiger partial charge in [-0.15, -0.1) is 0 Å². The lowest BCUT2D eigenvalue weighted by Crippen LogP contribution is -2.16. The number of aromatic amines is 1. The summed E-state index contributed by atoms with van der Waals surface area (Å²) >= 11 is 17.3. The highest BCUT2D eigenvalue weighted by molar-refractivity contribution is 7.71. The van der Waals surface area contributed by atoms with Crippen LogP contribution in [0.2, 0.25) is 10.0 Å². The average Bonchev–Trinajstić information content (AvgIpc) is 3.01. The van der Waals surface area contributed by atoms with Crippen LogP contribution in [0.15, 0.2) is 45.8 Å². The van der Waals surface area contributed by atoms with Gasteiger partial charge < -0.3 is 5.11 Å². The first-order chi connectivity index (χ1) is 11.0.